The fraction of sp³-hybridized carbons (Fsp3) is 0.429. The largest absolute Gasteiger partial charge is 0.381 e. The molecule has 2 N–H and O–H groups in total. The molecule has 1 aromatic carbocycles. The van der Waals surface area contributed by atoms with E-state index in [-0.39, 0.29) is 12.1 Å². The van der Waals surface area contributed by atoms with Gasteiger partial charge in [0.15, 0.2) is 0 Å². The second-order valence-electron chi connectivity index (χ2n) is 4.96. The minimum absolute atomic E-state index is 0.114. The van der Waals surface area contributed by atoms with Gasteiger partial charge in [-0.05, 0) is 38.3 Å². The van der Waals surface area contributed by atoms with Gasteiger partial charge in [0.25, 0.3) is 0 Å². The number of para-hydroxylation sites is 1. The SMILES string of the molecule is C=CCC(C)Nc1ccccc1S(=O)(=O)NC1CC1. The molecule has 0 aliphatic heterocycles. The van der Waals surface area contributed by atoms with Crippen molar-refractivity contribution >= 4 is 15.7 Å². The summed E-state index contributed by atoms with van der Waals surface area (Å²) in [5.41, 5.74) is 0.644. The van der Waals surface area contributed by atoms with Crippen LogP contribution in [0.25, 0.3) is 0 Å². The molecule has 0 amide bonds. The monoisotopic (exact) mass is 280 g/mol. The quantitative estimate of drug-likeness (QED) is 0.754. The van der Waals surface area contributed by atoms with Crippen LogP contribution in [0.4, 0.5) is 5.69 Å². The number of nitrogens with one attached hydrogen (secondary N) is 2. The van der Waals surface area contributed by atoms with Crippen molar-refractivity contribution in [3.63, 3.8) is 0 Å². The molecule has 1 fully saturated rings. The predicted octanol–water partition coefficient (Wildman–Crippen LogP) is 2.50. The molecule has 0 aromatic heterocycles. The summed E-state index contributed by atoms with van der Waals surface area (Å²) in [5, 5.41) is 3.22. The van der Waals surface area contributed by atoms with Crippen molar-refractivity contribution in [1.82, 2.24) is 4.72 Å². The van der Waals surface area contributed by atoms with Crippen LogP contribution < -0.4 is 10.0 Å². The summed E-state index contributed by atoms with van der Waals surface area (Å²) in [6.45, 7) is 5.69. The number of hydrogen-bond acceptors (Lipinski definition) is 3. The molecule has 2 rings (SSSR count). The molecule has 1 aromatic rings. The maximum atomic E-state index is 12.3. The van der Waals surface area contributed by atoms with Gasteiger partial charge in [0.05, 0.1) is 5.69 Å². The van der Waals surface area contributed by atoms with E-state index in [4.69, 9.17) is 0 Å². The van der Waals surface area contributed by atoms with E-state index in [2.05, 4.69) is 16.6 Å². The highest BCUT2D eigenvalue weighted by Gasteiger charge is 2.29. The molecule has 104 valence electrons. The second-order valence-corrected chi connectivity index (χ2v) is 6.64. The Morgan fingerprint density at radius 2 is 2.11 bits per heavy atom. The summed E-state index contributed by atoms with van der Waals surface area (Å²) in [7, 11) is -3.43. The van der Waals surface area contributed by atoms with E-state index in [0.717, 1.165) is 19.3 Å². The van der Waals surface area contributed by atoms with Gasteiger partial charge in [-0.1, -0.05) is 18.2 Å². The summed E-state index contributed by atoms with van der Waals surface area (Å²) in [6.07, 6.45) is 4.46. The van der Waals surface area contributed by atoms with Gasteiger partial charge in [0.2, 0.25) is 10.0 Å². The molecule has 1 aliphatic rings. The van der Waals surface area contributed by atoms with Crippen molar-refractivity contribution in [3.05, 3.63) is 36.9 Å². The lowest BCUT2D eigenvalue weighted by molar-refractivity contribution is 0.581. The third kappa shape index (κ3) is 3.81. The first-order chi connectivity index (χ1) is 9.03. The van der Waals surface area contributed by atoms with Crippen molar-refractivity contribution in [2.45, 2.75) is 43.2 Å². The predicted molar refractivity (Wildman–Crippen MR) is 77.7 cm³/mol. The van der Waals surface area contributed by atoms with Crippen molar-refractivity contribution in [1.29, 1.82) is 0 Å². The number of sulfonamides is 1. The topological polar surface area (TPSA) is 58.2 Å². The van der Waals surface area contributed by atoms with Crippen LogP contribution >= 0.6 is 0 Å². The molecule has 1 aliphatic carbocycles. The summed E-state index contributed by atoms with van der Waals surface area (Å²) in [6, 6.07) is 7.26. The van der Waals surface area contributed by atoms with Gasteiger partial charge in [-0.15, -0.1) is 6.58 Å². The van der Waals surface area contributed by atoms with Crippen LogP contribution in [0.1, 0.15) is 26.2 Å². The third-order valence-corrected chi connectivity index (χ3v) is 4.58. The van der Waals surface area contributed by atoms with Gasteiger partial charge in [0.1, 0.15) is 4.90 Å². The van der Waals surface area contributed by atoms with Gasteiger partial charge in [-0.3, -0.25) is 0 Å². The highest BCUT2D eigenvalue weighted by molar-refractivity contribution is 7.89. The van der Waals surface area contributed by atoms with Crippen LogP contribution in [0.5, 0.6) is 0 Å². The zero-order valence-corrected chi connectivity index (χ0v) is 11.9. The second kappa shape index (κ2) is 5.75. The first-order valence-electron chi connectivity index (χ1n) is 6.51. The zero-order valence-electron chi connectivity index (χ0n) is 11.1. The molecule has 0 radical (unpaired) electrons. The van der Waals surface area contributed by atoms with Crippen LogP contribution in [0.3, 0.4) is 0 Å². The Balaban J connectivity index is 2.22. The molecule has 0 bridgehead atoms. The lowest BCUT2D eigenvalue weighted by atomic mass is 10.2. The molecule has 1 atom stereocenters. The van der Waals surface area contributed by atoms with E-state index in [9.17, 15) is 8.42 Å². The van der Waals surface area contributed by atoms with Crippen molar-refractivity contribution in [3.8, 4) is 0 Å². The fourth-order valence-corrected chi connectivity index (χ4v) is 3.35. The van der Waals surface area contributed by atoms with Crippen LogP contribution in [-0.4, -0.2) is 20.5 Å². The normalized spacial score (nSPS) is 16.9. The summed E-state index contributed by atoms with van der Waals surface area (Å²) in [5.74, 6) is 0. The molecule has 5 heteroatoms. The van der Waals surface area contributed by atoms with Crippen LogP contribution in [0.2, 0.25) is 0 Å². The minimum atomic E-state index is -3.43. The Labute approximate surface area is 115 Å². The molecule has 1 unspecified atom stereocenters. The number of hydrogen-bond donors (Lipinski definition) is 2. The number of anilines is 1. The maximum Gasteiger partial charge on any atom is 0.242 e. The van der Waals surface area contributed by atoms with Gasteiger partial charge >= 0.3 is 0 Å². The molecular formula is C14H20N2O2S. The minimum Gasteiger partial charge on any atom is -0.381 e. The number of rotatable bonds is 7. The van der Waals surface area contributed by atoms with Crippen molar-refractivity contribution in [2.75, 3.05) is 5.32 Å². The van der Waals surface area contributed by atoms with Gasteiger partial charge in [0, 0.05) is 12.1 Å². The Morgan fingerprint density at radius 3 is 2.74 bits per heavy atom. The van der Waals surface area contributed by atoms with Crippen molar-refractivity contribution < 1.29 is 8.42 Å². The van der Waals surface area contributed by atoms with E-state index in [1.807, 2.05) is 19.1 Å². The molecule has 19 heavy (non-hydrogen) atoms. The zero-order chi connectivity index (χ0) is 13.9. The number of benzene rings is 1. The lowest BCUT2D eigenvalue weighted by Gasteiger charge is -2.17. The first-order valence-corrected chi connectivity index (χ1v) is 8.00. The fourth-order valence-electron chi connectivity index (χ4n) is 1.88. The maximum absolute atomic E-state index is 12.3. The molecule has 1 saturated carbocycles. The van der Waals surface area contributed by atoms with E-state index < -0.39 is 10.0 Å². The lowest BCUT2D eigenvalue weighted by Crippen LogP contribution is -2.27. The highest BCUT2D eigenvalue weighted by Crippen LogP contribution is 2.26. The van der Waals surface area contributed by atoms with E-state index in [1.54, 1.807) is 18.2 Å². The Bertz CT molecular complexity index is 550. The van der Waals surface area contributed by atoms with Crippen molar-refractivity contribution in [2.24, 2.45) is 0 Å². The van der Waals surface area contributed by atoms with Crippen LogP contribution in [0, 0.1) is 0 Å². The molecule has 4 nitrogen and oxygen atoms in total. The standard InChI is InChI=1S/C14H20N2O2S/c1-3-6-11(2)15-13-7-4-5-8-14(13)19(17,18)16-12-9-10-12/h3-5,7-8,11-12,15-16H,1,6,9-10H2,2H3. The van der Waals surface area contributed by atoms with E-state index >= 15 is 0 Å². The highest BCUT2D eigenvalue weighted by atomic mass is 32.2. The average molecular weight is 280 g/mol. The summed E-state index contributed by atoms with van der Waals surface area (Å²) < 4.78 is 27.2. The van der Waals surface area contributed by atoms with Gasteiger partial charge < -0.3 is 5.32 Å². The van der Waals surface area contributed by atoms with Crippen LogP contribution in [0.15, 0.2) is 41.8 Å². The Morgan fingerprint density at radius 1 is 1.42 bits per heavy atom. The Kier molecular flexibility index (Phi) is 4.27. The summed E-state index contributed by atoms with van der Waals surface area (Å²) >= 11 is 0. The summed E-state index contributed by atoms with van der Waals surface area (Å²) in [4.78, 5) is 0.317. The first kappa shape index (κ1) is 14.1. The molecule has 0 spiro atoms. The van der Waals surface area contributed by atoms with E-state index in [0.29, 0.717) is 10.6 Å². The van der Waals surface area contributed by atoms with Gasteiger partial charge in [-0.25, -0.2) is 13.1 Å². The third-order valence-electron chi connectivity index (χ3n) is 3.00. The van der Waals surface area contributed by atoms with E-state index in [1.165, 1.54) is 0 Å². The molecule has 0 heterocycles. The van der Waals surface area contributed by atoms with Crippen LogP contribution in [-0.2, 0) is 10.0 Å². The Hall–Kier alpha value is -1.33. The molecule has 0 saturated heterocycles. The smallest absolute Gasteiger partial charge is 0.242 e. The van der Waals surface area contributed by atoms with Gasteiger partial charge in [-0.2, -0.15) is 0 Å². The average Bonchev–Trinajstić information content (AvgIpc) is 3.13. The molecular weight excluding hydrogens is 260 g/mol.